The average molecular weight is 324 g/mol. The van der Waals surface area contributed by atoms with Crippen molar-refractivity contribution in [3.8, 4) is 0 Å². The van der Waals surface area contributed by atoms with Crippen LogP contribution in [0.2, 0.25) is 0 Å². The van der Waals surface area contributed by atoms with Gasteiger partial charge in [0.2, 0.25) is 0 Å². The van der Waals surface area contributed by atoms with Crippen molar-refractivity contribution in [3.05, 3.63) is 29.8 Å². The summed E-state index contributed by atoms with van der Waals surface area (Å²) >= 11 is 1.47. The van der Waals surface area contributed by atoms with Gasteiger partial charge in [-0.2, -0.15) is 11.8 Å². The molecule has 22 heavy (non-hydrogen) atoms. The number of amides is 2. The number of thioether (sulfide) groups is 1. The maximum Gasteiger partial charge on any atom is 0.313 e. The quantitative estimate of drug-likeness (QED) is 0.699. The first-order valence-corrected chi connectivity index (χ1v) is 8.55. The highest BCUT2D eigenvalue weighted by Crippen LogP contribution is 2.17. The molecule has 0 heterocycles. The smallest absolute Gasteiger partial charge is 0.313 e. The minimum atomic E-state index is -1.03. The van der Waals surface area contributed by atoms with Gasteiger partial charge < -0.3 is 15.7 Å². The number of nitrogens with one attached hydrogen (secondary N) is 2. The van der Waals surface area contributed by atoms with Gasteiger partial charge in [-0.25, -0.2) is 0 Å². The van der Waals surface area contributed by atoms with Crippen molar-refractivity contribution in [2.45, 2.75) is 32.3 Å². The molecule has 1 unspecified atom stereocenters. The standard InChI is InChI=1S/C16H24N2O3S/c1-11(2)12-5-7-13(8-6-12)18-15(20)14(19)17-9-16(3,21)10-22-4/h5-8,11,21H,9-10H2,1-4H3,(H,17,19)(H,18,20). The Morgan fingerprint density at radius 1 is 1.23 bits per heavy atom. The van der Waals surface area contributed by atoms with Crippen LogP contribution in [0, 0.1) is 0 Å². The summed E-state index contributed by atoms with van der Waals surface area (Å²) in [6.45, 7) is 5.82. The van der Waals surface area contributed by atoms with Crippen molar-refractivity contribution in [2.75, 3.05) is 23.9 Å². The molecule has 0 radical (unpaired) electrons. The maximum atomic E-state index is 11.8. The van der Waals surface area contributed by atoms with E-state index in [9.17, 15) is 14.7 Å². The fourth-order valence-electron chi connectivity index (χ4n) is 1.85. The van der Waals surface area contributed by atoms with Gasteiger partial charge in [0.1, 0.15) is 0 Å². The Balaban J connectivity index is 2.52. The SMILES string of the molecule is CSCC(C)(O)CNC(=O)C(=O)Nc1ccc(C(C)C)cc1. The molecule has 1 aromatic carbocycles. The summed E-state index contributed by atoms with van der Waals surface area (Å²) in [7, 11) is 0. The molecule has 1 rings (SSSR count). The number of hydrogen-bond acceptors (Lipinski definition) is 4. The normalized spacial score (nSPS) is 13.5. The van der Waals surface area contributed by atoms with Gasteiger partial charge >= 0.3 is 11.8 Å². The lowest BCUT2D eigenvalue weighted by atomic mass is 10.0. The first-order chi connectivity index (χ1) is 10.2. The Morgan fingerprint density at radius 2 is 1.82 bits per heavy atom. The second-order valence-electron chi connectivity index (χ2n) is 5.84. The van der Waals surface area contributed by atoms with Gasteiger partial charge in [0.05, 0.1) is 5.60 Å². The van der Waals surface area contributed by atoms with Gasteiger partial charge in [0.25, 0.3) is 0 Å². The molecule has 1 aromatic rings. The fraction of sp³-hybridized carbons (Fsp3) is 0.500. The molecule has 0 bridgehead atoms. The van der Waals surface area contributed by atoms with E-state index in [4.69, 9.17) is 0 Å². The molecule has 3 N–H and O–H groups in total. The lowest BCUT2D eigenvalue weighted by molar-refractivity contribution is -0.136. The largest absolute Gasteiger partial charge is 0.387 e. The molecule has 0 aliphatic heterocycles. The number of hydrogen-bond donors (Lipinski definition) is 3. The van der Waals surface area contributed by atoms with Gasteiger partial charge in [-0.15, -0.1) is 0 Å². The molecule has 1 atom stereocenters. The molecule has 0 aliphatic rings. The Hall–Kier alpha value is -1.53. The van der Waals surface area contributed by atoms with Crippen molar-refractivity contribution in [3.63, 3.8) is 0 Å². The maximum absolute atomic E-state index is 11.8. The van der Waals surface area contributed by atoms with Crippen LogP contribution in [-0.4, -0.2) is 41.1 Å². The summed E-state index contributed by atoms with van der Waals surface area (Å²) in [6.07, 6.45) is 1.86. The van der Waals surface area contributed by atoms with Gasteiger partial charge in [0.15, 0.2) is 0 Å². The molecule has 0 saturated carbocycles. The Morgan fingerprint density at radius 3 is 2.32 bits per heavy atom. The zero-order valence-electron chi connectivity index (χ0n) is 13.5. The third-order valence-corrected chi connectivity index (χ3v) is 4.04. The van der Waals surface area contributed by atoms with E-state index in [2.05, 4.69) is 24.5 Å². The summed E-state index contributed by atoms with van der Waals surface area (Å²) in [5.74, 6) is -0.607. The second kappa shape index (κ2) is 8.19. The molecule has 0 fully saturated rings. The summed E-state index contributed by atoms with van der Waals surface area (Å²) in [5, 5.41) is 14.9. The lowest BCUT2D eigenvalue weighted by Gasteiger charge is -2.22. The van der Waals surface area contributed by atoms with Gasteiger partial charge in [-0.3, -0.25) is 9.59 Å². The molecular formula is C16H24N2O3S. The number of benzene rings is 1. The number of anilines is 1. The van der Waals surface area contributed by atoms with Crippen LogP contribution in [0.15, 0.2) is 24.3 Å². The topological polar surface area (TPSA) is 78.4 Å². The number of carbonyl (C=O) groups excluding carboxylic acids is 2. The summed E-state index contributed by atoms with van der Waals surface area (Å²) < 4.78 is 0. The van der Waals surface area contributed by atoms with Crippen LogP contribution in [0.4, 0.5) is 5.69 Å². The molecule has 0 aromatic heterocycles. The van der Waals surface area contributed by atoms with Crippen molar-refractivity contribution < 1.29 is 14.7 Å². The number of carbonyl (C=O) groups is 2. The minimum Gasteiger partial charge on any atom is -0.387 e. The van der Waals surface area contributed by atoms with Crippen LogP contribution in [-0.2, 0) is 9.59 Å². The summed E-state index contributed by atoms with van der Waals surface area (Å²) in [5.41, 5.74) is 0.699. The molecular weight excluding hydrogens is 300 g/mol. The van der Waals surface area contributed by atoms with Crippen molar-refractivity contribution >= 4 is 29.3 Å². The predicted octanol–water partition coefficient (Wildman–Crippen LogP) is 1.98. The first kappa shape index (κ1) is 18.5. The molecule has 0 aliphatic carbocycles. The molecule has 0 spiro atoms. The van der Waals surface area contributed by atoms with E-state index < -0.39 is 17.4 Å². The van der Waals surface area contributed by atoms with E-state index in [0.717, 1.165) is 5.56 Å². The van der Waals surface area contributed by atoms with E-state index in [1.807, 2.05) is 18.4 Å². The molecule has 6 heteroatoms. The Bertz CT molecular complexity index is 513. The zero-order valence-corrected chi connectivity index (χ0v) is 14.3. The van der Waals surface area contributed by atoms with Crippen LogP contribution in [0.3, 0.4) is 0 Å². The second-order valence-corrected chi connectivity index (χ2v) is 6.71. The average Bonchev–Trinajstić information content (AvgIpc) is 2.45. The number of rotatable bonds is 6. The summed E-state index contributed by atoms with van der Waals surface area (Å²) in [6, 6.07) is 7.37. The minimum absolute atomic E-state index is 0.0341. The van der Waals surface area contributed by atoms with Crippen molar-refractivity contribution in [2.24, 2.45) is 0 Å². The third kappa shape index (κ3) is 6.07. The van der Waals surface area contributed by atoms with Crippen molar-refractivity contribution in [1.82, 2.24) is 5.32 Å². The number of aliphatic hydroxyl groups is 1. The van der Waals surface area contributed by atoms with Crippen LogP contribution in [0.1, 0.15) is 32.3 Å². The van der Waals surface area contributed by atoms with Crippen LogP contribution < -0.4 is 10.6 Å². The summed E-state index contributed by atoms with van der Waals surface area (Å²) in [4.78, 5) is 23.5. The van der Waals surface area contributed by atoms with Crippen LogP contribution >= 0.6 is 11.8 Å². The van der Waals surface area contributed by atoms with Crippen LogP contribution in [0.25, 0.3) is 0 Å². The van der Waals surface area contributed by atoms with Crippen LogP contribution in [0.5, 0.6) is 0 Å². The lowest BCUT2D eigenvalue weighted by Crippen LogP contribution is -2.45. The van der Waals surface area contributed by atoms with Gasteiger partial charge in [0, 0.05) is 18.0 Å². The monoisotopic (exact) mass is 324 g/mol. The van der Waals surface area contributed by atoms with E-state index in [0.29, 0.717) is 17.4 Å². The third-order valence-electron chi connectivity index (χ3n) is 3.13. The molecule has 2 amide bonds. The Labute approximate surface area is 135 Å². The highest BCUT2D eigenvalue weighted by molar-refractivity contribution is 7.98. The fourth-order valence-corrected chi connectivity index (χ4v) is 2.58. The molecule has 5 nitrogen and oxygen atoms in total. The highest BCUT2D eigenvalue weighted by Gasteiger charge is 2.22. The van der Waals surface area contributed by atoms with Crippen molar-refractivity contribution in [1.29, 1.82) is 0 Å². The molecule has 122 valence electrons. The van der Waals surface area contributed by atoms with Gasteiger partial charge in [-0.05, 0) is 36.8 Å². The van der Waals surface area contributed by atoms with E-state index in [1.54, 1.807) is 19.1 Å². The van der Waals surface area contributed by atoms with E-state index in [1.165, 1.54) is 11.8 Å². The highest BCUT2D eigenvalue weighted by atomic mass is 32.2. The zero-order chi connectivity index (χ0) is 16.8. The predicted molar refractivity (Wildman–Crippen MR) is 91.2 cm³/mol. The molecule has 0 saturated heterocycles. The Kier molecular flexibility index (Phi) is 6.90. The first-order valence-electron chi connectivity index (χ1n) is 7.15. The van der Waals surface area contributed by atoms with E-state index in [-0.39, 0.29) is 6.54 Å². The van der Waals surface area contributed by atoms with Gasteiger partial charge in [-0.1, -0.05) is 26.0 Å². The van der Waals surface area contributed by atoms with E-state index >= 15 is 0 Å².